The molecule has 2 N–H and O–H groups in total. The van der Waals surface area contributed by atoms with Crippen LogP contribution >= 0.6 is 27.5 Å². The number of hydrogen-bond acceptors (Lipinski definition) is 4. The summed E-state index contributed by atoms with van der Waals surface area (Å²) in [6.07, 6.45) is 1.05. The van der Waals surface area contributed by atoms with E-state index in [4.69, 9.17) is 16.7 Å². The predicted molar refractivity (Wildman–Crippen MR) is 74.6 cm³/mol. The summed E-state index contributed by atoms with van der Waals surface area (Å²) in [7, 11) is 0. The van der Waals surface area contributed by atoms with E-state index in [1.165, 1.54) is 12.1 Å². The number of carbonyl (C=O) groups excluding carboxylic acids is 2. The molecule has 1 aromatic carbocycles. The first-order chi connectivity index (χ1) is 9.45. The molecule has 0 saturated heterocycles. The molecule has 0 aromatic heterocycles. The van der Waals surface area contributed by atoms with Gasteiger partial charge in [-0.2, -0.15) is 0 Å². The molecule has 8 heteroatoms. The van der Waals surface area contributed by atoms with Crippen LogP contribution < -0.4 is 5.32 Å². The molecule has 0 aliphatic carbocycles. The summed E-state index contributed by atoms with van der Waals surface area (Å²) < 4.78 is 14.3. The normalized spacial score (nSPS) is 14.8. The number of rotatable bonds is 4. The minimum atomic E-state index is -0.734. The van der Waals surface area contributed by atoms with Gasteiger partial charge in [0.2, 0.25) is 0 Å². The molecular weight excluding hydrogens is 354 g/mol. The van der Waals surface area contributed by atoms with Crippen molar-refractivity contribution in [3.63, 3.8) is 0 Å². The second-order valence-electron chi connectivity index (χ2n) is 3.92. The molecule has 0 unspecified atom stereocenters. The summed E-state index contributed by atoms with van der Waals surface area (Å²) in [4.78, 5) is 24.3. The molecule has 0 saturated carbocycles. The number of hydrogen-bond donors (Lipinski definition) is 2. The maximum atomic E-state index is 13.9. The van der Waals surface area contributed by atoms with Gasteiger partial charge in [-0.15, -0.1) is 0 Å². The smallest absolute Gasteiger partial charge is 0.277 e. The van der Waals surface area contributed by atoms with Crippen molar-refractivity contribution in [2.45, 2.75) is 0 Å². The second-order valence-corrected chi connectivity index (χ2v) is 5.16. The van der Waals surface area contributed by atoms with E-state index in [-0.39, 0.29) is 29.6 Å². The summed E-state index contributed by atoms with van der Waals surface area (Å²) in [6.45, 7) is -0.444. The van der Waals surface area contributed by atoms with Crippen LogP contribution in [0.15, 0.2) is 28.4 Å². The third-order valence-electron chi connectivity index (χ3n) is 2.64. The van der Waals surface area contributed by atoms with Gasteiger partial charge < -0.3 is 10.4 Å². The van der Waals surface area contributed by atoms with Crippen molar-refractivity contribution in [3.8, 4) is 0 Å². The van der Waals surface area contributed by atoms with Gasteiger partial charge in [-0.05, 0) is 28.1 Å². The number of β-amino-alcohol motifs (C(OH)–C–C–N with tert-alkyl or cyclic N) is 1. The number of nitrogens with zero attached hydrogens (tertiary/aromatic N) is 1. The number of halogens is 3. The number of nitrogens with one attached hydrogen (secondary N) is 1. The topological polar surface area (TPSA) is 69.6 Å². The molecule has 20 heavy (non-hydrogen) atoms. The quantitative estimate of drug-likeness (QED) is 0.633. The molecule has 0 atom stereocenters. The van der Waals surface area contributed by atoms with Crippen LogP contribution in [0, 0.1) is 5.82 Å². The Morgan fingerprint density at radius 3 is 2.75 bits per heavy atom. The van der Waals surface area contributed by atoms with E-state index in [1.54, 1.807) is 0 Å². The monoisotopic (exact) mass is 362 g/mol. The molecule has 106 valence electrons. The lowest BCUT2D eigenvalue weighted by Crippen LogP contribution is -2.34. The zero-order valence-corrected chi connectivity index (χ0v) is 12.3. The number of amides is 2. The van der Waals surface area contributed by atoms with E-state index < -0.39 is 17.6 Å². The predicted octanol–water partition coefficient (Wildman–Crippen LogP) is 1.90. The first kappa shape index (κ1) is 15.0. The largest absolute Gasteiger partial charge is 0.395 e. The first-order valence-electron chi connectivity index (χ1n) is 5.54. The molecule has 1 heterocycles. The molecule has 1 aliphatic rings. The van der Waals surface area contributed by atoms with Crippen molar-refractivity contribution in [3.05, 3.63) is 39.2 Å². The van der Waals surface area contributed by atoms with Crippen molar-refractivity contribution in [1.82, 2.24) is 4.90 Å². The van der Waals surface area contributed by atoms with Crippen molar-refractivity contribution in [1.29, 1.82) is 0 Å². The minimum Gasteiger partial charge on any atom is -0.395 e. The zero-order chi connectivity index (χ0) is 14.9. The van der Waals surface area contributed by atoms with Crippen LogP contribution in [0.2, 0.25) is 5.02 Å². The Morgan fingerprint density at radius 2 is 2.10 bits per heavy atom. The summed E-state index contributed by atoms with van der Waals surface area (Å²) >= 11 is 8.81. The highest BCUT2D eigenvalue weighted by atomic mass is 79.9. The Kier molecular flexibility index (Phi) is 4.42. The van der Waals surface area contributed by atoms with Crippen molar-refractivity contribution in [2.75, 3.05) is 18.5 Å². The van der Waals surface area contributed by atoms with Gasteiger partial charge >= 0.3 is 0 Å². The Hall–Kier alpha value is -1.44. The number of anilines is 1. The van der Waals surface area contributed by atoms with Crippen LogP contribution in [0.25, 0.3) is 0 Å². The van der Waals surface area contributed by atoms with E-state index in [0.29, 0.717) is 4.47 Å². The van der Waals surface area contributed by atoms with Crippen LogP contribution in [-0.4, -0.2) is 35.0 Å². The highest BCUT2D eigenvalue weighted by Crippen LogP contribution is 2.31. The van der Waals surface area contributed by atoms with Crippen LogP contribution in [0.3, 0.4) is 0 Å². The summed E-state index contributed by atoms with van der Waals surface area (Å²) in [6, 6.07) is 2.90. The summed E-state index contributed by atoms with van der Waals surface area (Å²) in [5.41, 5.74) is -0.0859. The average Bonchev–Trinajstić information content (AvgIpc) is 2.67. The van der Waals surface area contributed by atoms with E-state index in [9.17, 15) is 14.0 Å². The zero-order valence-electron chi connectivity index (χ0n) is 9.99. The molecule has 0 fully saturated rings. The van der Waals surface area contributed by atoms with Crippen LogP contribution in [0.4, 0.5) is 10.1 Å². The molecule has 2 rings (SSSR count). The number of aliphatic hydroxyl groups excluding tert-OH is 1. The van der Waals surface area contributed by atoms with E-state index in [2.05, 4.69) is 21.2 Å². The minimum absolute atomic E-state index is 0.0172. The summed E-state index contributed by atoms with van der Waals surface area (Å²) in [5.74, 6) is -1.92. The number of imide groups is 1. The van der Waals surface area contributed by atoms with Gasteiger partial charge in [0.25, 0.3) is 11.8 Å². The standard InChI is InChI=1S/C12H9BrClFN2O3/c13-6-1-2-7(11(15)10(6)14)16-8-5-9(19)17(3-4-18)12(8)20/h1-2,5,16,18H,3-4H2. The molecule has 0 spiro atoms. The Morgan fingerprint density at radius 1 is 1.40 bits per heavy atom. The first-order valence-corrected chi connectivity index (χ1v) is 6.71. The maximum Gasteiger partial charge on any atom is 0.277 e. The van der Waals surface area contributed by atoms with Gasteiger partial charge in [0.05, 0.1) is 23.9 Å². The van der Waals surface area contributed by atoms with Crippen molar-refractivity contribution in [2.24, 2.45) is 0 Å². The third kappa shape index (κ3) is 2.70. The van der Waals surface area contributed by atoms with Crippen molar-refractivity contribution < 1.29 is 19.1 Å². The van der Waals surface area contributed by atoms with E-state index in [0.717, 1.165) is 11.0 Å². The number of aliphatic hydroxyl groups is 1. The lowest BCUT2D eigenvalue weighted by Gasteiger charge is -2.14. The lowest BCUT2D eigenvalue weighted by molar-refractivity contribution is -0.137. The molecule has 5 nitrogen and oxygen atoms in total. The SMILES string of the molecule is O=C1C=C(Nc2ccc(Br)c(Cl)c2F)C(=O)N1CCO. The molecule has 1 aromatic rings. The Balaban J connectivity index is 2.24. The van der Waals surface area contributed by atoms with Gasteiger partial charge in [-0.1, -0.05) is 11.6 Å². The molecule has 0 radical (unpaired) electrons. The fraction of sp³-hybridized carbons (Fsp3) is 0.167. The Labute approximate surface area is 127 Å². The van der Waals surface area contributed by atoms with Gasteiger partial charge in [-0.25, -0.2) is 4.39 Å². The van der Waals surface area contributed by atoms with Gasteiger partial charge in [0.15, 0.2) is 5.82 Å². The third-order valence-corrected chi connectivity index (χ3v) is 3.90. The highest BCUT2D eigenvalue weighted by Gasteiger charge is 2.31. The van der Waals surface area contributed by atoms with Crippen LogP contribution in [0.5, 0.6) is 0 Å². The van der Waals surface area contributed by atoms with E-state index >= 15 is 0 Å². The lowest BCUT2D eigenvalue weighted by atomic mass is 10.3. The second kappa shape index (κ2) is 5.90. The van der Waals surface area contributed by atoms with Gasteiger partial charge in [-0.3, -0.25) is 14.5 Å². The van der Waals surface area contributed by atoms with Crippen LogP contribution in [0.1, 0.15) is 0 Å². The molecule has 0 bridgehead atoms. The fourth-order valence-corrected chi connectivity index (χ4v) is 2.15. The fourth-order valence-electron chi connectivity index (χ4n) is 1.68. The average molecular weight is 364 g/mol. The summed E-state index contributed by atoms with van der Waals surface area (Å²) in [5, 5.41) is 11.2. The molecule has 1 aliphatic heterocycles. The number of carbonyl (C=O) groups is 2. The Bertz CT molecular complexity index is 621. The van der Waals surface area contributed by atoms with Crippen molar-refractivity contribution >= 4 is 45.0 Å². The molecular formula is C12H9BrClFN2O3. The molecule has 2 amide bonds. The van der Waals surface area contributed by atoms with E-state index in [1.807, 2.05) is 0 Å². The maximum absolute atomic E-state index is 13.9. The van der Waals surface area contributed by atoms with Gasteiger partial charge in [0.1, 0.15) is 5.70 Å². The highest BCUT2D eigenvalue weighted by molar-refractivity contribution is 9.10. The van der Waals surface area contributed by atoms with Crippen LogP contribution in [-0.2, 0) is 9.59 Å². The number of benzene rings is 1. The van der Waals surface area contributed by atoms with Gasteiger partial charge in [0, 0.05) is 10.5 Å².